The van der Waals surface area contributed by atoms with Gasteiger partial charge in [0.05, 0.1) is 5.41 Å². The number of amides is 2. The van der Waals surface area contributed by atoms with Gasteiger partial charge in [-0.3, -0.25) is 24.3 Å². The van der Waals surface area contributed by atoms with E-state index in [0.717, 1.165) is 5.39 Å². The summed E-state index contributed by atoms with van der Waals surface area (Å²) in [7, 11) is 0. The number of nitrogens with zero attached hydrogens (tertiary/aromatic N) is 2. The van der Waals surface area contributed by atoms with Gasteiger partial charge in [-0.25, -0.2) is 0 Å². The van der Waals surface area contributed by atoms with Crippen LogP contribution < -0.4 is 4.74 Å². The topological polar surface area (TPSA) is 76.6 Å². The Morgan fingerprint density at radius 2 is 1.81 bits per heavy atom. The number of ether oxygens (including phenoxy) is 1. The molecule has 2 aromatic rings. The van der Waals surface area contributed by atoms with Crippen molar-refractivity contribution in [2.45, 2.75) is 40.2 Å². The molecule has 1 unspecified atom stereocenters. The molecule has 1 aromatic carbocycles. The highest BCUT2D eigenvalue weighted by molar-refractivity contribution is 6.16. The second-order valence-corrected chi connectivity index (χ2v) is 8.06. The molecule has 2 amide bonds. The predicted molar refractivity (Wildman–Crippen MR) is 96.3 cm³/mol. The third kappa shape index (κ3) is 2.75. The molecule has 6 heteroatoms. The van der Waals surface area contributed by atoms with E-state index in [9.17, 15) is 14.4 Å². The zero-order valence-corrected chi connectivity index (χ0v) is 15.6. The number of fused-ring (bicyclic) bond motifs is 1. The number of benzene rings is 1. The van der Waals surface area contributed by atoms with Crippen molar-refractivity contribution in [3.8, 4) is 5.75 Å². The highest BCUT2D eigenvalue weighted by atomic mass is 16.5. The van der Waals surface area contributed by atoms with Crippen molar-refractivity contribution in [2.24, 2.45) is 11.3 Å². The fourth-order valence-corrected chi connectivity index (χ4v) is 3.31. The highest BCUT2D eigenvalue weighted by Crippen LogP contribution is 2.42. The average molecular weight is 354 g/mol. The largest absolute Gasteiger partial charge is 0.424 e. The van der Waals surface area contributed by atoms with Crippen LogP contribution in [0.1, 0.15) is 34.6 Å². The van der Waals surface area contributed by atoms with Crippen LogP contribution in [0.2, 0.25) is 0 Å². The molecule has 26 heavy (non-hydrogen) atoms. The molecule has 1 saturated heterocycles. The molecule has 136 valence electrons. The Morgan fingerprint density at radius 3 is 2.42 bits per heavy atom. The number of likely N-dealkylation sites (tertiary alicyclic amines) is 1. The Labute approximate surface area is 152 Å². The maximum absolute atomic E-state index is 12.9. The van der Waals surface area contributed by atoms with Crippen molar-refractivity contribution in [1.29, 1.82) is 0 Å². The van der Waals surface area contributed by atoms with Crippen LogP contribution in [0, 0.1) is 11.3 Å². The Balaban J connectivity index is 1.97. The van der Waals surface area contributed by atoms with Crippen molar-refractivity contribution in [3.63, 3.8) is 0 Å². The van der Waals surface area contributed by atoms with E-state index in [1.807, 2.05) is 12.1 Å². The van der Waals surface area contributed by atoms with Gasteiger partial charge in [0, 0.05) is 17.1 Å². The van der Waals surface area contributed by atoms with Crippen molar-refractivity contribution in [2.75, 3.05) is 0 Å². The predicted octanol–water partition coefficient (Wildman–Crippen LogP) is 2.95. The Morgan fingerprint density at radius 1 is 1.15 bits per heavy atom. The molecule has 0 saturated carbocycles. The number of aromatic nitrogens is 1. The minimum absolute atomic E-state index is 0.276. The van der Waals surface area contributed by atoms with Crippen LogP contribution in [0.4, 0.5) is 0 Å². The van der Waals surface area contributed by atoms with E-state index in [1.165, 1.54) is 4.90 Å². The highest BCUT2D eigenvalue weighted by Gasteiger charge is 2.60. The zero-order chi connectivity index (χ0) is 19.3. The van der Waals surface area contributed by atoms with Gasteiger partial charge in [-0.05, 0) is 46.8 Å². The fourth-order valence-electron chi connectivity index (χ4n) is 3.31. The van der Waals surface area contributed by atoms with Crippen LogP contribution in [0.15, 0.2) is 36.5 Å². The second-order valence-electron chi connectivity index (χ2n) is 8.06. The number of rotatable bonds is 2. The molecule has 1 atom stereocenters. The number of imide groups is 1. The van der Waals surface area contributed by atoms with E-state index in [-0.39, 0.29) is 11.7 Å². The van der Waals surface area contributed by atoms with Crippen LogP contribution in [-0.2, 0) is 14.4 Å². The maximum atomic E-state index is 12.9. The summed E-state index contributed by atoms with van der Waals surface area (Å²) in [5.41, 5.74) is -1.34. The van der Waals surface area contributed by atoms with Gasteiger partial charge in [-0.2, -0.15) is 0 Å². The number of carbonyl (C=O) groups is 3. The van der Waals surface area contributed by atoms with Crippen molar-refractivity contribution >= 4 is 28.7 Å². The summed E-state index contributed by atoms with van der Waals surface area (Å²) in [5.74, 6) is -2.54. The third-order valence-corrected chi connectivity index (χ3v) is 4.66. The summed E-state index contributed by atoms with van der Waals surface area (Å²) in [5, 5.41) is 0.821. The number of carbonyl (C=O) groups excluding carboxylic acids is 3. The molecule has 1 fully saturated rings. The first-order chi connectivity index (χ1) is 12.0. The van der Waals surface area contributed by atoms with Gasteiger partial charge < -0.3 is 4.74 Å². The lowest BCUT2D eigenvalue weighted by Gasteiger charge is -2.30. The summed E-state index contributed by atoms with van der Waals surface area (Å²) < 4.78 is 5.53. The molecule has 1 aliphatic rings. The minimum atomic E-state index is -1.19. The standard InChI is InChI=1S/C20H22N2O4/c1-19(2,3)22-16(23)14(20(4,5)18(22)25)17(24)26-13-10-6-8-12-9-7-11-21-15(12)13/h6-11,14H,1-5H3. The molecule has 0 bridgehead atoms. The number of pyridine rings is 1. The van der Waals surface area contributed by atoms with Gasteiger partial charge in [-0.15, -0.1) is 0 Å². The van der Waals surface area contributed by atoms with E-state index < -0.39 is 28.7 Å². The molecule has 0 N–H and O–H groups in total. The first kappa shape index (κ1) is 18.0. The number of hydrogen-bond donors (Lipinski definition) is 0. The molecule has 1 aliphatic heterocycles. The van der Waals surface area contributed by atoms with E-state index in [4.69, 9.17) is 4.74 Å². The smallest absolute Gasteiger partial charge is 0.325 e. The molecule has 6 nitrogen and oxygen atoms in total. The number of para-hydroxylation sites is 1. The van der Waals surface area contributed by atoms with Crippen LogP contribution in [0.25, 0.3) is 10.9 Å². The summed E-state index contributed by atoms with van der Waals surface area (Å²) in [6.07, 6.45) is 1.61. The van der Waals surface area contributed by atoms with Crippen molar-refractivity contribution in [3.05, 3.63) is 36.5 Å². The summed E-state index contributed by atoms with van der Waals surface area (Å²) >= 11 is 0. The maximum Gasteiger partial charge on any atom is 0.325 e. The van der Waals surface area contributed by atoms with E-state index in [0.29, 0.717) is 5.52 Å². The van der Waals surface area contributed by atoms with Gasteiger partial charge in [0.1, 0.15) is 5.52 Å². The van der Waals surface area contributed by atoms with Crippen molar-refractivity contribution in [1.82, 2.24) is 9.88 Å². The lowest BCUT2D eigenvalue weighted by atomic mass is 9.81. The van der Waals surface area contributed by atoms with Gasteiger partial charge in [-0.1, -0.05) is 18.2 Å². The van der Waals surface area contributed by atoms with Gasteiger partial charge in [0.25, 0.3) is 0 Å². The summed E-state index contributed by atoms with van der Waals surface area (Å²) in [6.45, 7) is 8.50. The van der Waals surface area contributed by atoms with Gasteiger partial charge in [0.15, 0.2) is 11.7 Å². The molecule has 0 aliphatic carbocycles. The Hall–Kier alpha value is -2.76. The molecule has 0 radical (unpaired) electrons. The minimum Gasteiger partial charge on any atom is -0.424 e. The molecule has 3 rings (SSSR count). The monoisotopic (exact) mass is 354 g/mol. The van der Waals surface area contributed by atoms with Crippen molar-refractivity contribution < 1.29 is 19.1 Å². The quantitative estimate of drug-likeness (QED) is 0.359. The molecular weight excluding hydrogens is 332 g/mol. The average Bonchev–Trinajstić information content (AvgIpc) is 2.72. The van der Waals surface area contributed by atoms with Crippen LogP contribution in [0.5, 0.6) is 5.75 Å². The van der Waals surface area contributed by atoms with Crippen LogP contribution in [0.3, 0.4) is 0 Å². The Kier molecular flexibility index (Phi) is 4.09. The first-order valence-electron chi connectivity index (χ1n) is 8.49. The third-order valence-electron chi connectivity index (χ3n) is 4.66. The molecule has 2 heterocycles. The SMILES string of the molecule is CC1(C)C(=O)N(C(C)(C)C)C(=O)C1C(=O)Oc1cccc2cccnc12. The van der Waals surface area contributed by atoms with Crippen LogP contribution in [-0.4, -0.2) is 33.2 Å². The van der Waals surface area contributed by atoms with E-state index in [1.54, 1.807) is 59.0 Å². The van der Waals surface area contributed by atoms with Gasteiger partial charge in [0.2, 0.25) is 11.8 Å². The number of esters is 1. The normalized spacial score (nSPS) is 19.9. The first-order valence-corrected chi connectivity index (χ1v) is 8.49. The van der Waals surface area contributed by atoms with Gasteiger partial charge >= 0.3 is 5.97 Å². The van der Waals surface area contributed by atoms with Crippen LogP contribution >= 0.6 is 0 Å². The molecule has 1 aromatic heterocycles. The zero-order valence-electron chi connectivity index (χ0n) is 15.6. The molecular formula is C20H22N2O4. The lowest BCUT2D eigenvalue weighted by Crippen LogP contribution is -2.46. The second kappa shape index (κ2) is 5.90. The number of hydrogen-bond acceptors (Lipinski definition) is 5. The summed E-state index contributed by atoms with van der Waals surface area (Å²) in [4.78, 5) is 43.9. The Bertz CT molecular complexity index is 906. The van der Waals surface area contributed by atoms with E-state index >= 15 is 0 Å². The summed E-state index contributed by atoms with van der Waals surface area (Å²) in [6, 6.07) is 8.88. The lowest BCUT2D eigenvalue weighted by molar-refractivity contribution is -0.149. The molecule has 0 spiro atoms. The fraction of sp³-hybridized carbons (Fsp3) is 0.400. The van der Waals surface area contributed by atoms with E-state index in [2.05, 4.69) is 4.98 Å².